The van der Waals surface area contributed by atoms with Crippen LogP contribution in [0, 0.1) is 11.8 Å². The summed E-state index contributed by atoms with van der Waals surface area (Å²) in [6.45, 7) is 0. The van der Waals surface area contributed by atoms with Crippen LogP contribution in [0.3, 0.4) is 0 Å². The van der Waals surface area contributed by atoms with Crippen LogP contribution in [0.5, 0.6) is 0 Å². The molecule has 0 spiro atoms. The van der Waals surface area contributed by atoms with Crippen LogP contribution in [0.4, 0.5) is 5.82 Å². The number of aromatic nitrogens is 5. The number of nitrogens with two attached hydrogens (primary N) is 1. The Hall–Kier alpha value is -2.27. The summed E-state index contributed by atoms with van der Waals surface area (Å²) in [6, 6.07) is 3.57. The first-order chi connectivity index (χ1) is 11.5. The summed E-state index contributed by atoms with van der Waals surface area (Å²) in [4.78, 5) is 13.1. The Morgan fingerprint density at radius 3 is 2.71 bits per heavy atom. The summed E-state index contributed by atoms with van der Waals surface area (Å²) in [5, 5.41) is 5.23. The van der Waals surface area contributed by atoms with Gasteiger partial charge >= 0.3 is 0 Å². The first-order valence-corrected chi connectivity index (χ1v) is 8.22. The highest BCUT2D eigenvalue weighted by Crippen LogP contribution is 2.35. The summed E-state index contributed by atoms with van der Waals surface area (Å²) >= 11 is 13.4. The third-order valence-corrected chi connectivity index (χ3v) is 4.67. The van der Waals surface area contributed by atoms with E-state index in [1.165, 1.54) is 18.0 Å². The quantitative estimate of drug-likeness (QED) is 0.692. The molecule has 3 rings (SSSR count). The van der Waals surface area contributed by atoms with E-state index in [2.05, 4.69) is 31.9 Å². The Balaban J connectivity index is 1.91. The van der Waals surface area contributed by atoms with Gasteiger partial charge in [0.05, 0.1) is 17.4 Å². The van der Waals surface area contributed by atoms with Gasteiger partial charge in [0.15, 0.2) is 5.82 Å². The van der Waals surface area contributed by atoms with Gasteiger partial charge in [0.1, 0.15) is 21.6 Å². The van der Waals surface area contributed by atoms with Gasteiger partial charge in [0, 0.05) is 18.1 Å². The highest BCUT2D eigenvalue weighted by atomic mass is 35.5. The topological polar surface area (TPSA) is 82.5 Å². The Labute approximate surface area is 152 Å². The molecule has 0 atom stereocenters. The normalized spacial score (nSPS) is 10.3. The van der Waals surface area contributed by atoms with Crippen molar-refractivity contribution in [2.75, 3.05) is 5.73 Å². The van der Waals surface area contributed by atoms with E-state index in [1.807, 2.05) is 13.1 Å². The number of nitrogen functional groups attached to an aromatic ring is 1. The summed E-state index contributed by atoms with van der Waals surface area (Å²) in [5.41, 5.74) is 7.05. The minimum absolute atomic E-state index is 0.236. The van der Waals surface area contributed by atoms with Crippen LogP contribution in [-0.4, -0.2) is 24.7 Å². The molecule has 0 radical (unpaired) electrons. The molecule has 0 aliphatic carbocycles. The molecular formula is C15H10Cl2N6S. The van der Waals surface area contributed by atoms with Crippen molar-refractivity contribution in [1.29, 1.82) is 0 Å². The van der Waals surface area contributed by atoms with Gasteiger partial charge < -0.3 is 5.73 Å². The fourth-order valence-corrected chi connectivity index (χ4v) is 2.96. The van der Waals surface area contributed by atoms with Crippen LogP contribution < -0.4 is 5.73 Å². The SMILES string of the molecule is Cn1nccc1C#Cc1nccc(Sc2ncc(Cl)nc2N)c1Cl. The van der Waals surface area contributed by atoms with E-state index in [1.54, 1.807) is 23.1 Å². The van der Waals surface area contributed by atoms with Crippen molar-refractivity contribution in [3.05, 3.63) is 52.3 Å². The van der Waals surface area contributed by atoms with Crippen LogP contribution in [0.1, 0.15) is 11.4 Å². The fraction of sp³-hybridized carbons (Fsp3) is 0.0667. The molecule has 0 aromatic carbocycles. The van der Waals surface area contributed by atoms with Crippen LogP contribution in [0.2, 0.25) is 10.2 Å². The lowest BCUT2D eigenvalue weighted by molar-refractivity contribution is 0.757. The molecule has 9 heteroatoms. The van der Waals surface area contributed by atoms with Crippen LogP contribution >= 0.6 is 35.0 Å². The van der Waals surface area contributed by atoms with Crippen molar-refractivity contribution in [3.8, 4) is 11.8 Å². The molecule has 0 amide bonds. The lowest BCUT2D eigenvalue weighted by atomic mass is 10.3. The monoisotopic (exact) mass is 376 g/mol. The van der Waals surface area contributed by atoms with E-state index in [-0.39, 0.29) is 11.0 Å². The first-order valence-electron chi connectivity index (χ1n) is 6.65. The maximum atomic E-state index is 6.40. The van der Waals surface area contributed by atoms with Crippen molar-refractivity contribution in [2.45, 2.75) is 9.92 Å². The molecule has 3 aromatic rings. The van der Waals surface area contributed by atoms with E-state index in [0.717, 1.165) is 10.6 Å². The van der Waals surface area contributed by atoms with E-state index in [4.69, 9.17) is 28.9 Å². The van der Waals surface area contributed by atoms with Gasteiger partial charge in [-0.1, -0.05) is 35.0 Å². The van der Waals surface area contributed by atoms with E-state index in [0.29, 0.717) is 15.7 Å². The predicted molar refractivity (Wildman–Crippen MR) is 94.0 cm³/mol. The number of pyridine rings is 1. The number of aryl methyl sites for hydroxylation is 1. The van der Waals surface area contributed by atoms with Crippen LogP contribution in [0.15, 0.2) is 40.6 Å². The molecule has 0 fully saturated rings. The van der Waals surface area contributed by atoms with E-state index >= 15 is 0 Å². The number of nitrogens with zero attached hydrogens (tertiary/aromatic N) is 5. The highest BCUT2D eigenvalue weighted by Gasteiger charge is 2.11. The summed E-state index contributed by atoms with van der Waals surface area (Å²) in [7, 11) is 1.81. The lowest BCUT2D eigenvalue weighted by Crippen LogP contribution is -1.96. The predicted octanol–water partition coefficient (Wildman–Crippen LogP) is 3.05. The Morgan fingerprint density at radius 2 is 2.00 bits per heavy atom. The van der Waals surface area contributed by atoms with Gasteiger partial charge in [0.2, 0.25) is 0 Å². The van der Waals surface area contributed by atoms with Gasteiger partial charge in [-0.2, -0.15) is 5.10 Å². The number of hydrogen-bond acceptors (Lipinski definition) is 6. The van der Waals surface area contributed by atoms with Gasteiger partial charge in [-0.3, -0.25) is 4.68 Å². The molecule has 6 nitrogen and oxygen atoms in total. The number of rotatable bonds is 2. The summed E-state index contributed by atoms with van der Waals surface area (Å²) in [5.74, 6) is 6.17. The summed E-state index contributed by atoms with van der Waals surface area (Å²) in [6.07, 6.45) is 4.73. The molecule has 0 bridgehead atoms. The number of anilines is 1. The van der Waals surface area contributed by atoms with Gasteiger partial charge in [0.25, 0.3) is 0 Å². The maximum Gasteiger partial charge on any atom is 0.158 e. The van der Waals surface area contributed by atoms with Gasteiger partial charge in [-0.05, 0) is 24.0 Å². The Kier molecular flexibility index (Phi) is 4.90. The molecule has 3 aromatic heterocycles. The van der Waals surface area contributed by atoms with Crippen molar-refractivity contribution >= 4 is 40.8 Å². The van der Waals surface area contributed by atoms with Crippen LogP contribution in [0.25, 0.3) is 0 Å². The van der Waals surface area contributed by atoms with Crippen molar-refractivity contribution in [2.24, 2.45) is 7.05 Å². The zero-order valence-electron chi connectivity index (χ0n) is 12.4. The van der Waals surface area contributed by atoms with Crippen molar-refractivity contribution < 1.29 is 0 Å². The largest absolute Gasteiger partial charge is 0.381 e. The zero-order chi connectivity index (χ0) is 17.1. The van der Waals surface area contributed by atoms with E-state index < -0.39 is 0 Å². The molecular weight excluding hydrogens is 367 g/mol. The number of hydrogen-bond donors (Lipinski definition) is 1. The second-order valence-corrected chi connectivity index (χ2v) is 6.34. The second kappa shape index (κ2) is 7.09. The molecule has 2 N–H and O–H groups in total. The minimum Gasteiger partial charge on any atom is -0.381 e. The highest BCUT2D eigenvalue weighted by molar-refractivity contribution is 7.99. The number of halogens is 2. The third-order valence-electron chi connectivity index (χ3n) is 2.93. The zero-order valence-corrected chi connectivity index (χ0v) is 14.7. The first kappa shape index (κ1) is 16.6. The molecule has 0 aliphatic rings. The summed E-state index contributed by atoms with van der Waals surface area (Å²) < 4.78 is 1.67. The van der Waals surface area contributed by atoms with Crippen molar-refractivity contribution in [1.82, 2.24) is 24.7 Å². The fourth-order valence-electron chi connectivity index (χ4n) is 1.76. The third kappa shape index (κ3) is 3.62. The lowest BCUT2D eigenvalue weighted by Gasteiger charge is -2.06. The molecule has 0 unspecified atom stereocenters. The standard InChI is InChI=1S/C15H10Cl2N6S/c1-23-9(4-7-21-23)2-3-10-13(17)11(5-6-19-10)24-15-14(18)22-12(16)8-20-15/h4-8H,1H3,(H2,18,22). The minimum atomic E-state index is 0.236. The Morgan fingerprint density at radius 1 is 1.17 bits per heavy atom. The molecule has 0 saturated carbocycles. The molecule has 3 heterocycles. The second-order valence-electron chi connectivity index (χ2n) is 4.55. The van der Waals surface area contributed by atoms with Gasteiger partial charge in [-0.15, -0.1) is 0 Å². The van der Waals surface area contributed by atoms with E-state index in [9.17, 15) is 0 Å². The molecule has 0 saturated heterocycles. The molecule has 24 heavy (non-hydrogen) atoms. The average molecular weight is 377 g/mol. The molecule has 0 aliphatic heterocycles. The van der Waals surface area contributed by atoms with Crippen LogP contribution in [-0.2, 0) is 7.05 Å². The van der Waals surface area contributed by atoms with Crippen molar-refractivity contribution in [3.63, 3.8) is 0 Å². The maximum absolute atomic E-state index is 6.40. The van der Waals surface area contributed by atoms with Gasteiger partial charge in [-0.25, -0.2) is 15.0 Å². The average Bonchev–Trinajstić information content (AvgIpc) is 2.96. The molecule has 120 valence electrons. The smallest absolute Gasteiger partial charge is 0.158 e. The Bertz CT molecular complexity index is 960.